The van der Waals surface area contributed by atoms with E-state index in [2.05, 4.69) is 11.9 Å². The Balaban J connectivity index is 2.08. The van der Waals surface area contributed by atoms with Crippen molar-refractivity contribution in [3.63, 3.8) is 0 Å². The summed E-state index contributed by atoms with van der Waals surface area (Å²) in [6.45, 7) is 7.56. The van der Waals surface area contributed by atoms with Gasteiger partial charge in [0.1, 0.15) is 17.7 Å². The number of nitrogens with zero attached hydrogens (tertiary/aromatic N) is 1. The third kappa shape index (κ3) is 6.12. The van der Waals surface area contributed by atoms with Crippen LogP contribution in [0.15, 0.2) is 61.2 Å². The Morgan fingerprint density at radius 3 is 2.61 bits per heavy atom. The molecule has 0 heterocycles. The number of halogens is 1. The Morgan fingerprint density at radius 1 is 1.25 bits per heavy atom. The topological polar surface area (TPSA) is 67.9 Å². The molecule has 0 aliphatic heterocycles. The van der Waals surface area contributed by atoms with Gasteiger partial charge in [0.2, 0.25) is 0 Å². The first-order valence-corrected chi connectivity index (χ1v) is 8.88. The number of carbonyl (C=O) groups excluding carboxylic acids is 2. The molecule has 2 rings (SSSR count). The molecule has 0 saturated carbocycles. The van der Waals surface area contributed by atoms with Crippen molar-refractivity contribution in [2.75, 3.05) is 16.8 Å². The molecule has 0 spiro atoms. The van der Waals surface area contributed by atoms with Crippen LogP contribution in [0, 0.1) is 5.82 Å². The number of hydrogen-bond acceptors (Lipinski definition) is 4. The van der Waals surface area contributed by atoms with Crippen LogP contribution >= 0.6 is 0 Å². The van der Waals surface area contributed by atoms with Crippen molar-refractivity contribution in [1.82, 2.24) is 0 Å². The van der Waals surface area contributed by atoms with Gasteiger partial charge in [0.25, 0.3) is 0 Å². The van der Waals surface area contributed by atoms with Crippen LogP contribution in [0.2, 0.25) is 0 Å². The molecular formula is C21H23FN2O4. The van der Waals surface area contributed by atoms with Crippen LogP contribution in [-0.2, 0) is 4.74 Å². The van der Waals surface area contributed by atoms with E-state index in [9.17, 15) is 14.0 Å². The minimum Gasteiger partial charge on any atom is -0.442 e. The quantitative estimate of drug-likeness (QED) is 0.650. The monoisotopic (exact) mass is 386 g/mol. The molecule has 6 nitrogen and oxygen atoms in total. The summed E-state index contributed by atoms with van der Waals surface area (Å²) in [5.41, 5.74) is 0.944. The Hall–Kier alpha value is -3.35. The number of rotatable bonds is 7. The molecular weight excluding hydrogens is 363 g/mol. The van der Waals surface area contributed by atoms with Crippen LogP contribution in [0.4, 0.5) is 25.4 Å². The maximum atomic E-state index is 13.1. The summed E-state index contributed by atoms with van der Waals surface area (Å²) in [5, 5.41) is 2.56. The van der Waals surface area contributed by atoms with E-state index in [1.54, 1.807) is 25.1 Å². The van der Waals surface area contributed by atoms with Crippen LogP contribution in [-0.4, -0.2) is 24.8 Å². The van der Waals surface area contributed by atoms with Gasteiger partial charge in [0.15, 0.2) is 0 Å². The highest BCUT2D eigenvalue weighted by molar-refractivity contribution is 5.89. The molecule has 2 aromatic rings. The number of hydrogen-bond donors (Lipinski definition) is 1. The standard InChI is InChI=1S/C21H23FN2O4/c1-4-13-24(18-11-9-16(22)10-12-18)21(26)28-19-8-6-7-17(14-19)23-20(25)27-15(3)5-2/h5-12,14-15H,2,4,13H2,1,3H3,(H,23,25). The van der Waals surface area contributed by atoms with Crippen LogP contribution < -0.4 is 15.0 Å². The van der Waals surface area contributed by atoms with Gasteiger partial charge in [-0.3, -0.25) is 10.2 Å². The lowest BCUT2D eigenvalue weighted by Crippen LogP contribution is -2.34. The Morgan fingerprint density at radius 2 is 1.96 bits per heavy atom. The van der Waals surface area contributed by atoms with Crippen molar-refractivity contribution in [2.45, 2.75) is 26.4 Å². The number of ether oxygens (including phenoxy) is 2. The average molecular weight is 386 g/mol. The second kappa shape index (κ2) is 10.1. The lowest BCUT2D eigenvalue weighted by molar-refractivity contribution is 0.142. The fourth-order valence-corrected chi connectivity index (χ4v) is 2.33. The van der Waals surface area contributed by atoms with Crippen molar-refractivity contribution >= 4 is 23.6 Å². The SMILES string of the molecule is C=CC(C)OC(=O)Nc1cccc(OC(=O)N(CCC)c2ccc(F)cc2)c1. The molecule has 0 aromatic heterocycles. The van der Waals surface area contributed by atoms with E-state index in [1.807, 2.05) is 6.92 Å². The maximum Gasteiger partial charge on any atom is 0.419 e. The molecule has 1 N–H and O–H groups in total. The lowest BCUT2D eigenvalue weighted by atomic mass is 10.2. The molecule has 1 atom stereocenters. The van der Waals surface area contributed by atoms with Crippen molar-refractivity contribution in [3.8, 4) is 5.75 Å². The van der Waals surface area contributed by atoms with E-state index in [0.717, 1.165) is 0 Å². The molecule has 0 aliphatic carbocycles. The van der Waals surface area contributed by atoms with Gasteiger partial charge >= 0.3 is 12.2 Å². The number of benzene rings is 2. The van der Waals surface area contributed by atoms with Gasteiger partial charge in [-0.1, -0.05) is 25.6 Å². The molecule has 148 valence electrons. The van der Waals surface area contributed by atoms with Gasteiger partial charge in [0.05, 0.1) is 0 Å². The van der Waals surface area contributed by atoms with Gasteiger partial charge < -0.3 is 9.47 Å². The molecule has 28 heavy (non-hydrogen) atoms. The van der Waals surface area contributed by atoms with E-state index < -0.39 is 18.3 Å². The van der Waals surface area contributed by atoms with Gasteiger partial charge in [-0.05, 0) is 49.7 Å². The van der Waals surface area contributed by atoms with Crippen LogP contribution in [0.5, 0.6) is 5.75 Å². The zero-order chi connectivity index (χ0) is 20.5. The van der Waals surface area contributed by atoms with Gasteiger partial charge in [0, 0.05) is 24.0 Å². The summed E-state index contributed by atoms with van der Waals surface area (Å²) in [4.78, 5) is 25.8. The molecule has 2 aromatic carbocycles. The van der Waals surface area contributed by atoms with Crippen LogP contribution in [0.1, 0.15) is 20.3 Å². The minimum atomic E-state index is -0.644. The molecule has 0 bridgehead atoms. The normalized spacial score (nSPS) is 11.2. The number of nitrogens with one attached hydrogen (secondary N) is 1. The van der Waals surface area contributed by atoms with Gasteiger partial charge in [-0.25, -0.2) is 14.0 Å². The van der Waals surface area contributed by atoms with E-state index in [-0.39, 0.29) is 11.6 Å². The van der Waals surface area contributed by atoms with E-state index in [0.29, 0.717) is 24.3 Å². The summed E-state index contributed by atoms with van der Waals surface area (Å²) in [6, 6.07) is 12.0. The fraction of sp³-hybridized carbons (Fsp3) is 0.238. The molecule has 2 amide bonds. The van der Waals surface area contributed by atoms with Crippen molar-refractivity contribution < 1.29 is 23.5 Å². The summed E-state index contributed by atoms with van der Waals surface area (Å²) in [5.74, 6) is -0.132. The molecule has 0 aliphatic rings. The Kier molecular flexibility index (Phi) is 7.56. The summed E-state index contributed by atoms with van der Waals surface area (Å²) in [6.07, 6.45) is 0.513. The molecule has 0 radical (unpaired) electrons. The zero-order valence-electron chi connectivity index (χ0n) is 15.9. The molecule has 1 unspecified atom stereocenters. The van der Waals surface area contributed by atoms with E-state index in [1.165, 1.54) is 41.3 Å². The summed E-state index contributed by atoms with van der Waals surface area (Å²) >= 11 is 0. The highest BCUT2D eigenvalue weighted by atomic mass is 19.1. The number of anilines is 2. The fourth-order valence-electron chi connectivity index (χ4n) is 2.33. The highest BCUT2D eigenvalue weighted by Crippen LogP contribution is 2.21. The Bertz CT molecular complexity index is 823. The van der Waals surface area contributed by atoms with E-state index in [4.69, 9.17) is 9.47 Å². The van der Waals surface area contributed by atoms with Crippen molar-refractivity contribution in [2.24, 2.45) is 0 Å². The average Bonchev–Trinajstić information content (AvgIpc) is 2.67. The van der Waals surface area contributed by atoms with Gasteiger partial charge in [-0.2, -0.15) is 0 Å². The molecule has 0 fully saturated rings. The van der Waals surface area contributed by atoms with Crippen molar-refractivity contribution in [3.05, 3.63) is 67.0 Å². The maximum absolute atomic E-state index is 13.1. The largest absolute Gasteiger partial charge is 0.442 e. The number of carbonyl (C=O) groups is 2. The summed E-state index contributed by atoms with van der Waals surface area (Å²) < 4.78 is 23.6. The predicted octanol–water partition coefficient (Wildman–Crippen LogP) is 5.36. The second-order valence-corrected chi connectivity index (χ2v) is 5.99. The first-order valence-electron chi connectivity index (χ1n) is 8.88. The third-order valence-electron chi connectivity index (χ3n) is 3.72. The zero-order valence-corrected chi connectivity index (χ0v) is 15.9. The first kappa shape index (κ1) is 21.0. The van der Waals surface area contributed by atoms with Crippen molar-refractivity contribution in [1.29, 1.82) is 0 Å². The third-order valence-corrected chi connectivity index (χ3v) is 3.72. The highest BCUT2D eigenvalue weighted by Gasteiger charge is 2.18. The van der Waals surface area contributed by atoms with E-state index >= 15 is 0 Å². The second-order valence-electron chi connectivity index (χ2n) is 5.99. The van der Waals surface area contributed by atoms with Crippen LogP contribution in [0.3, 0.4) is 0 Å². The summed E-state index contributed by atoms with van der Waals surface area (Å²) in [7, 11) is 0. The predicted molar refractivity (Wildman–Crippen MR) is 106 cm³/mol. The lowest BCUT2D eigenvalue weighted by Gasteiger charge is -2.21. The number of amides is 2. The molecule has 7 heteroatoms. The molecule has 0 saturated heterocycles. The van der Waals surface area contributed by atoms with Gasteiger partial charge in [-0.15, -0.1) is 0 Å². The first-order chi connectivity index (χ1) is 13.4. The van der Waals surface area contributed by atoms with Crippen LogP contribution in [0.25, 0.3) is 0 Å². The minimum absolute atomic E-state index is 0.253. The Labute approximate surface area is 163 Å². The smallest absolute Gasteiger partial charge is 0.419 e.